The van der Waals surface area contributed by atoms with Crippen molar-refractivity contribution in [3.8, 4) is 0 Å². The van der Waals surface area contributed by atoms with Gasteiger partial charge >= 0.3 is 0 Å². The van der Waals surface area contributed by atoms with Gasteiger partial charge in [0, 0.05) is 76.3 Å². The molecule has 6 aliphatic carbocycles. The van der Waals surface area contributed by atoms with Crippen LogP contribution in [0, 0.1) is 25.2 Å². The van der Waals surface area contributed by atoms with Crippen LogP contribution < -0.4 is 0 Å². The second kappa shape index (κ2) is 12.1. The summed E-state index contributed by atoms with van der Waals surface area (Å²) in [4.78, 5) is 29.6. The number of nitrogens with zero attached hydrogens (tertiary/aromatic N) is 2. The molecule has 340 valence electrons. The van der Waals surface area contributed by atoms with E-state index in [0.717, 1.165) is 101 Å². The van der Waals surface area contributed by atoms with Crippen LogP contribution in [-0.2, 0) is 5.41 Å². The van der Waals surface area contributed by atoms with Gasteiger partial charge in [0.15, 0.2) is 11.6 Å². The molecule has 0 amide bonds. The number of furan rings is 1. The molecule has 20 rings (SSSR count). The fourth-order valence-corrected chi connectivity index (χ4v) is 16.4. The molecule has 2 saturated carbocycles. The Morgan fingerprint density at radius 3 is 1.80 bits per heavy atom. The van der Waals surface area contributed by atoms with Gasteiger partial charge in [0.05, 0.1) is 38.5 Å². The summed E-state index contributed by atoms with van der Waals surface area (Å²) in [7, 11) is 0. The minimum absolute atomic E-state index is 0.0728. The van der Waals surface area contributed by atoms with E-state index in [9.17, 15) is 4.79 Å². The molecule has 0 N–H and O–H groups in total. The van der Waals surface area contributed by atoms with Crippen LogP contribution in [0.25, 0.3) is 130 Å². The molecule has 0 saturated heterocycles. The SMILES string of the molecule is Cc1c2c3cc4c5ccccc5c5ccccc5c4c4c5cc6c(cc5n(c2c(C)c2c5c7oc8ccccc8c7cc7c8cc9c(cc8n(c12)c75)C(=O)C1CCC9CC1)c34)C(=O)C1(C)CCC6(C)CC1. The molecule has 71 heavy (non-hydrogen) atoms. The van der Waals surface area contributed by atoms with E-state index in [1.54, 1.807) is 0 Å². The van der Waals surface area contributed by atoms with Gasteiger partial charge in [0.25, 0.3) is 0 Å². The average molecular weight is 917 g/mol. The number of carbonyl (C=O) groups is 2. The van der Waals surface area contributed by atoms with E-state index in [1.807, 2.05) is 0 Å². The molecule has 5 heterocycles. The van der Waals surface area contributed by atoms with E-state index in [-0.39, 0.29) is 16.7 Å². The van der Waals surface area contributed by atoms with E-state index in [4.69, 9.17) is 4.42 Å². The number of Topliss-reactive ketones (excluding diaryl/α,β-unsaturated/α-hetero) is 2. The summed E-state index contributed by atoms with van der Waals surface area (Å²) in [6.45, 7) is 9.35. The minimum atomic E-state index is -0.358. The monoisotopic (exact) mass is 916 g/mol. The molecule has 0 radical (unpaired) electrons. The number of fused-ring (bicyclic) bond motifs is 27. The number of para-hydroxylation sites is 1. The molecular weight excluding hydrogens is 869 g/mol. The van der Waals surface area contributed by atoms with Crippen LogP contribution in [0.1, 0.15) is 114 Å². The first-order chi connectivity index (χ1) is 34.6. The number of carbonyl (C=O) groups excluding carboxylic acids is 2. The second-order valence-corrected chi connectivity index (χ2v) is 23.4. The van der Waals surface area contributed by atoms with Gasteiger partial charge in [-0.05, 0) is 168 Å². The molecule has 14 aromatic rings. The van der Waals surface area contributed by atoms with E-state index in [0.29, 0.717) is 17.5 Å². The van der Waals surface area contributed by atoms with Crippen molar-refractivity contribution in [3.05, 3.63) is 143 Å². The maximum atomic E-state index is 15.1. The first kappa shape index (κ1) is 38.3. The molecule has 0 aliphatic heterocycles. The molecule has 5 nitrogen and oxygen atoms in total. The number of rotatable bonds is 0. The summed E-state index contributed by atoms with van der Waals surface area (Å²) < 4.78 is 12.2. The van der Waals surface area contributed by atoms with Gasteiger partial charge in [-0.15, -0.1) is 0 Å². The normalized spacial score (nSPS) is 22.6. The summed E-state index contributed by atoms with van der Waals surface area (Å²) in [5.41, 5.74) is 15.1. The second-order valence-electron chi connectivity index (χ2n) is 23.4. The first-order valence-corrected chi connectivity index (χ1v) is 26.2. The number of hydrogen-bond donors (Lipinski definition) is 0. The molecule has 0 atom stereocenters. The summed E-state index contributed by atoms with van der Waals surface area (Å²) in [5.74, 6) is 1.16. The highest BCUT2D eigenvalue weighted by atomic mass is 16.3. The Morgan fingerprint density at radius 2 is 1.04 bits per heavy atom. The lowest BCUT2D eigenvalue weighted by atomic mass is 9.65. The summed E-state index contributed by atoms with van der Waals surface area (Å²) in [5, 5.41) is 19.6. The number of benzene rings is 9. The molecule has 5 heteroatoms. The maximum absolute atomic E-state index is 15.1. The number of aromatic nitrogens is 2. The van der Waals surface area contributed by atoms with Gasteiger partial charge < -0.3 is 13.2 Å². The van der Waals surface area contributed by atoms with Gasteiger partial charge in [-0.25, -0.2) is 0 Å². The predicted octanol–water partition coefficient (Wildman–Crippen LogP) is 17.5. The number of ketones is 2. The third-order valence-corrected chi connectivity index (χ3v) is 20.0. The highest BCUT2D eigenvalue weighted by Gasteiger charge is 2.49. The van der Waals surface area contributed by atoms with E-state index < -0.39 is 0 Å². The van der Waals surface area contributed by atoms with Crippen molar-refractivity contribution in [2.75, 3.05) is 0 Å². The highest BCUT2D eigenvalue weighted by molar-refractivity contribution is 6.42. The molecule has 6 aliphatic rings. The fraction of sp³-hybridized carbons (Fsp3) is 0.242. The van der Waals surface area contributed by atoms with Gasteiger partial charge in [0.2, 0.25) is 0 Å². The third kappa shape index (κ3) is 4.20. The van der Waals surface area contributed by atoms with Crippen molar-refractivity contribution in [1.29, 1.82) is 0 Å². The van der Waals surface area contributed by atoms with E-state index in [1.165, 1.54) is 114 Å². The van der Waals surface area contributed by atoms with E-state index >= 15 is 4.79 Å². The highest BCUT2D eigenvalue weighted by Crippen LogP contribution is 2.58. The van der Waals surface area contributed by atoms with E-state index in [2.05, 4.69) is 146 Å². The Hall–Kier alpha value is -7.50. The lowest BCUT2D eigenvalue weighted by Crippen LogP contribution is -2.33. The van der Waals surface area contributed by atoms with Crippen LogP contribution in [0.3, 0.4) is 0 Å². The van der Waals surface area contributed by atoms with Gasteiger partial charge in [-0.2, -0.15) is 0 Å². The lowest BCUT2D eigenvalue weighted by Gasteiger charge is -2.38. The Bertz CT molecular complexity index is 4920. The fourth-order valence-electron chi connectivity index (χ4n) is 16.4. The van der Waals surface area contributed by atoms with Crippen molar-refractivity contribution >= 4 is 142 Å². The van der Waals surface area contributed by atoms with Crippen molar-refractivity contribution in [1.82, 2.24) is 8.80 Å². The third-order valence-electron chi connectivity index (χ3n) is 20.0. The van der Waals surface area contributed by atoms with Crippen molar-refractivity contribution in [3.63, 3.8) is 0 Å². The van der Waals surface area contributed by atoms with Gasteiger partial charge in [-0.3, -0.25) is 9.59 Å². The molecular formula is C66H48N2O3. The number of hydrogen-bond acceptors (Lipinski definition) is 3. The van der Waals surface area contributed by atoms with Crippen molar-refractivity contribution in [2.24, 2.45) is 11.3 Å². The Balaban J connectivity index is 1.11. The summed E-state index contributed by atoms with van der Waals surface area (Å²) in [6, 6.07) is 40.9. The number of aryl methyl sites for hydroxylation is 2. The van der Waals surface area contributed by atoms with Gasteiger partial charge in [0.1, 0.15) is 11.2 Å². The summed E-state index contributed by atoms with van der Waals surface area (Å²) >= 11 is 0. The first-order valence-electron chi connectivity index (χ1n) is 26.2. The smallest absolute Gasteiger partial charge is 0.169 e. The Morgan fingerprint density at radius 1 is 0.465 bits per heavy atom. The zero-order valence-electron chi connectivity index (χ0n) is 40.3. The Kier molecular flexibility index (Phi) is 6.55. The van der Waals surface area contributed by atoms with Crippen molar-refractivity contribution < 1.29 is 14.0 Å². The molecule has 2 fully saturated rings. The molecule has 0 unspecified atom stereocenters. The summed E-state index contributed by atoms with van der Waals surface area (Å²) in [6.07, 6.45) is 8.03. The minimum Gasteiger partial charge on any atom is -0.455 e. The maximum Gasteiger partial charge on any atom is 0.169 e. The largest absolute Gasteiger partial charge is 0.455 e. The predicted molar refractivity (Wildman–Crippen MR) is 292 cm³/mol. The topological polar surface area (TPSA) is 56.1 Å². The van der Waals surface area contributed by atoms with Crippen LogP contribution in [-0.4, -0.2) is 20.4 Å². The van der Waals surface area contributed by atoms with Crippen LogP contribution in [0.4, 0.5) is 0 Å². The zero-order valence-corrected chi connectivity index (χ0v) is 40.3. The van der Waals surface area contributed by atoms with Crippen molar-refractivity contribution in [2.45, 2.75) is 90.4 Å². The molecule has 5 aromatic heterocycles. The Labute approximate surface area is 407 Å². The van der Waals surface area contributed by atoms with Gasteiger partial charge in [-0.1, -0.05) is 80.6 Å². The quantitative estimate of drug-likeness (QED) is 0.142. The van der Waals surface area contributed by atoms with Crippen LogP contribution in [0.2, 0.25) is 0 Å². The standard InChI is InChI=1S/C66H48N2O3/c1-31-53-48-26-42-37-13-6-5-11-35(37)36-12-7-8-15-39(36)55(42)56-47-28-49-46(64(70)66(4)23-21-65(49,3)22-24-66)30-51(47)68(61(48)56)58(53)32(2)54-57-60-43(27-45-38-14-9-10-16-52(38)71-63(45)57)41-25-40-33-17-19-34(20-18-33)62(69)44(40)29-50(41)67(60)59(31)54/h5-16,25-30,33-34H,17-24H2,1-4H3. The molecule has 4 bridgehead atoms. The van der Waals surface area contributed by atoms with Crippen LogP contribution in [0.15, 0.2) is 114 Å². The molecule has 0 spiro atoms. The van der Waals surface area contributed by atoms with Crippen LogP contribution >= 0.6 is 0 Å². The zero-order chi connectivity index (χ0) is 46.9. The lowest BCUT2D eigenvalue weighted by molar-refractivity contribution is 0.0731. The molecule has 9 aromatic carbocycles. The average Bonchev–Trinajstić information content (AvgIpc) is 4.18. The van der Waals surface area contributed by atoms with Crippen LogP contribution in [0.5, 0.6) is 0 Å².